The molecular formula is C29H30N2O2S. The zero-order valence-electron chi connectivity index (χ0n) is 20.0. The number of carbonyl (C=O) groups excluding carboxylic acids is 1. The van der Waals surface area contributed by atoms with Gasteiger partial charge in [-0.3, -0.25) is 4.79 Å². The highest BCUT2D eigenvalue weighted by Crippen LogP contribution is 2.32. The van der Waals surface area contributed by atoms with Gasteiger partial charge in [-0.15, -0.1) is 0 Å². The number of thiocarbonyl (C=S) groups is 1. The van der Waals surface area contributed by atoms with Gasteiger partial charge >= 0.3 is 0 Å². The molecule has 0 amide bonds. The molecule has 0 aliphatic heterocycles. The second kappa shape index (κ2) is 11.0. The van der Waals surface area contributed by atoms with Gasteiger partial charge < -0.3 is 10.4 Å². The van der Waals surface area contributed by atoms with Crippen molar-refractivity contribution >= 4 is 40.8 Å². The number of ketones is 1. The maximum atomic E-state index is 13.2. The first-order chi connectivity index (χ1) is 16.2. The van der Waals surface area contributed by atoms with Gasteiger partial charge in [0.05, 0.1) is 5.57 Å². The number of benzene rings is 3. The van der Waals surface area contributed by atoms with Crippen LogP contribution in [0.4, 0.5) is 5.69 Å². The number of aliphatic hydroxyl groups excluding tert-OH is 1. The largest absolute Gasteiger partial charge is 0.506 e. The third-order valence-electron chi connectivity index (χ3n) is 5.47. The summed E-state index contributed by atoms with van der Waals surface area (Å²) in [6.45, 7) is 8.54. The van der Waals surface area contributed by atoms with Gasteiger partial charge in [0.1, 0.15) is 5.76 Å². The highest BCUT2D eigenvalue weighted by atomic mass is 32.1. The van der Waals surface area contributed by atoms with Gasteiger partial charge in [-0.1, -0.05) is 107 Å². The molecule has 0 aromatic heterocycles. The lowest BCUT2D eigenvalue weighted by Crippen LogP contribution is -2.18. The van der Waals surface area contributed by atoms with Gasteiger partial charge in [0.15, 0.2) is 10.9 Å². The van der Waals surface area contributed by atoms with Crippen LogP contribution < -0.4 is 5.32 Å². The van der Waals surface area contributed by atoms with E-state index in [1.807, 2.05) is 18.2 Å². The third-order valence-corrected chi connectivity index (χ3v) is 5.67. The second-order valence-corrected chi connectivity index (χ2v) is 9.34. The predicted octanol–water partition coefficient (Wildman–Crippen LogP) is 7.17. The Kier molecular flexibility index (Phi) is 8.13. The van der Waals surface area contributed by atoms with E-state index in [1.165, 1.54) is 6.21 Å². The highest BCUT2D eigenvalue weighted by Gasteiger charge is 2.21. The molecule has 0 heterocycles. The minimum absolute atomic E-state index is 0.0707. The number of Topliss-reactive ketones (excluding diaryl/α,β-unsaturated/α-hetero) is 1. The minimum atomic E-state index is -0.335. The van der Waals surface area contributed by atoms with Crippen molar-refractivity contribution in [2.45, 2.75) is 39.5 Å². The van der Waals surface area contributed by atoms with Gasteiger partial charge in [0, 0.05) is 23.0 Å². The van der Waals surface area contributed by atoms with E-state index >= 15 is 0 Å². The molecule has 0 saturated heterocycles. The molecule has 0 aliphatic carbocycles. The van der Waals surface area contributed by atoms with Crippen molar-refractivity contribution in [3.05, 3.63) is 107 Å². The molecule has 3 aromatic carbocycles. The van der Waals surface area contributed by atoms with Crippen molar-refractivity contribution < 1.29 is 9.90 Å². The van der Waals surface area contributed by atoms with Crippen molar-refractivity contribution in [3.63, 3.8) is 0 Å². The molecular weight excluding hydrogens is 440 g/mol. The first-order valence-corrected chi connectivity index (χ1v) is 11.7. The van der Waals surface area contributed by atoms with Gasteiger partial charge in [-0.2, -0.15) is 0 Å². The molecule has 4 nitrogen and oxygen atoms in total. The predicted molar refractivity (Wildman–Crippen MR) is 146 cm³/mol. The van der Waals surface area contributed by atoms with E-state index in [2.05, 4.69) is 50.1 Å². The van der Waals surface area contributed by atoms with Crippen molar-refractivity contribution in [3.8, 4) is 0 Å². The fourth-order valence-electron chi connectivity index (χ4n) is 3.65. The fraction of sp³-hybridized carbons (Fsp3) is 0.207. The summed E-state index contributed by atoms with van der Waals surface area (Å²) in [7, 11) is 0. The number of aryl methyl sites for hydroxylation is 1. The minimum Gasteiger partial charge on any atom is -0.506 e. The van der Waals surface area contributed by atoms with E-state index < -0.39 is 0 Å². The summed E-state index contributed by atoms with van der Waals surface area (Å²) in [5.74, 6) is -0.483. The van der Waals surface area contributed by atoms with Crippen molar-refractivity contribution in [2.75, 3.05) is 5.32 Å². The summed E-state index contributed by atoms with van der Waals surface area (Å²) in [5.41, 5.74) is 4.16. The maximum absolute atomic E-state index is 13.2. The Hall–Kier alpha value is -3.57. The normalized spacial score (nSPS) is 12.4. The number of allylic oxidation sites excluding steroid dienone is 1. The Morgan fingerprint density at radius 3 is 2.09 bits per heavy atom. The molecule has 34 heavy (non-hydrogen) atoms. The standard InChI is InChI=1S/C29H30N2O2S/c1-5-20-17-12-18-24(29(2,3)4)25(20)31-28(34)30-19-23(26(32)21-13-8-6-9-14-21)27(33)22-15-10-7-11-16-22/h6-19,32H,5H2,1-4H3,(H,31,34)/b26-23-,30-19+. The van der Waals surface area contributed by atoms with E-state index in [-0.39, 0.29) is 27.6 Å². The van der Waals surface area contributed by atoms with Crippen LogP contribution >= 0.6 is 12.2 Å². The van der Waals surface area contributed by atoms with E-state index in [0.29, 0.717) is 11.1 Å². The van der Waals surface area contributed by atoms with Crippen LogP contribution in [0.5, 0.6) is 0 Å². The number of carbonyl (C=O) groups is 1. The van der Waals surface area contributed by atoms with E-state index in [9.17, 15) is 9.90 Å². The highest BCUT2D eigenvalue weighted by molar-refractivity contribution is 7.80. The van der Waals surface area contributed by atoms with Crippen LogP contribution in [-0.4, -0.2) is 22.2 Å². The first-order valence-electron chi connectivity index (χ1n) is 11.3. The smallest absolute Gasteiger partial charge is 0.198 e. The van der Waals surface area contributed by atoms with E-state index in [4.69, 9.17) is 12.2 Å². The summed E-state index contributed by atoms with van der Waals surface area (Å²) in [6, 6.07) is 23.9. The van der Waals surface area contributed by atoms with Gasteiger partial charge in [-0.25, -0.2) is 4.99 Å². The number of anilines is 1. The van der Waals surface area contributed by atoms with Crippen LogP contribution in [0.1, 0.15) is 54.7 Å². The average molecular weight is 471 g/mol. The summed E-state index contributed by atoms with van der Waals surface area (Å²) < 4.78 is 0. The zero-order chi connectivity index (χ0) is 24.7. The summed E-state index contributed by atoms with van der Waals surface area (Å²) in [4.78, 5) is 17.6. The van der Waals surface area contributed by atoms with Crippen LogP contribution in [0.3, 0.4) is 0 Å². The fourth-order valence-corrected chi connectivity index (χ4v) is 3.81. The van der Waals surface area contributed by atoms with Crippen LogP contribution in [0.25, 0.3) is 5.76 Å². The molecule has 5 heteroatoms. The van der Waals surface area contributed by atoms with Crippen molar-refractivity contribution in [2.24, 2.45) is 4.99 Å². The zero-order valence-corrected chi connectivity index (χ0v) is 20.8. The number of nitrogens with one attached hydrogen (secondary N) is 1. The lowest BCUT2D eigenvalue weighted by molar-refractivity contribution is 0.104. The number of aliphatic hydroxyl groups is 1. The molecule has 0 saturated carbocycles. The SMILES string of the molecule is CCc1cccc(C(C)(C)C)c1NC(=S)/N=C/C(C(=O)c1ccccc1)=C(/O)c1ccccc1. The second-order valence-electron chi connectivity index (χ2n) is 8.96. The van der Waals surface area contributed by atoms with Crippen LogP contribution in [0.15, 0.2) is 89.4 Å². The lowest BCUT2D eigenvalue weighted by atomic mass is 9.84. The Morgan fingerprint density at radius 2 is 1.53 bits per heavy atom. The van der Waals surface area contributed by atoms with E-state index in [1.54, 1.807) is 48.5 Å². The number of aliphatic imine (C=N–C) groups is 1. The molecule has 0 spiro atoms. The van der Waals surface area contributed by atoms with Crippen LogP contribution in [-0.2, 0) is 11.8 Å². The molecule has 0 unspecified atom stereocenters. The number of hydrogen-bond donors (Lipinski definition) is 2. The molecule has 3 rings (SSSR count). The number of nitrogens with zero attached hydrogens (tertiary/aromatic N) is 1. The lowest BCUT2D eigenvalue weighted by Gasteiger charge is -2.25. The molecule has 0 atom stereocenters. The Labute approximate surface area is 207 Å². The Balaban J connectivity index is 1.98. The van der Waals surface area contributed by atoms with Crippen LogP contribution in [0.2, 0.25) is 0 Å². The topological polar surface area (TPSA) is 61.7 Å². The van der Waals surface area contributed by atoms with E-state index in [0.717, 1.165) is 23.2 Å². The monoisotopic (exact) mass is 470 g/mol. The summed E-state index contributed by atoms with van der Waals surface area (Å²) >= 11 is 5.53. The molecule has 0 bridgehead atoms. The molecule has 0 radical (unpaired) electrons. The third kappa shape index (κ3) is 6.06. The van der Waals surface area contributed by atoms with Gasteiger partial charge in [0.2, 0.25) is 0 Å². The quantitative estimate of drug-likeness (QED) is 0.132. The maximum Gasteiger partial charge on any atom is 0.198 e. The molecule has 3 aromatic rings. The first kappa shape index (κ1) is 25.1. The molecule has 0 aliphatic rings. The van der Waals surface area contributed by atoms with Crippen molar-refractivity contribution in [1.82, 2.24) is 0 Å². The Bertz CT molecular complexity index is 1220. The molecule has 2 N–H and O–H groups in total. The summed E-state index contributed by atoms with van der Waals surface area (Å²) in [5, 5.41) is 14.4. The van der Waals surface area contributed by atoms with Gasteiger partial charge in [0.25, 0.3) is 0 Å². The summed E-state index contributed by atoms with van der Waals surface area (Å²) in [6.07, 6.45) is 2.18. The average Bonchev–Trinajstić information content (AvgIpc) is 2.84. The number of rotatable bonds is 6. The van der Waals surface area contributed by atoms with Gasteiger partial charge in [-0.05, 0) is 35.2 Å². The number of para-hydroxylation sites is 1. The van der Waals surface area contributed by atoms with Crippen molar-refractivity contribution in [1.29, 1.82) is 0 Å². The molecule has 0 fully saturated rings. The molecule has 174 valence electrons. The Morgan fingerprint density at radius 1 is 0.941 bits per heavy atom. The van der Waals surface area contributed by atoms with Crippen LogP contribution in [0, 0.1) is 0 Å². The number of hydrogen-bond acceptors (Lipinski definition) is 3.